The summed E-state index contributed by atoms with van der Waals surface area (Å²) in [6, 6.07) is 28.9. The summed E-state index contributed by atoms with van der Waals surface area (Å²) in [7, 11) is 1.27. The molecular formula is C46H47N5O7. The lowest BCUT2D eigenvalue weighted by molar-refractivity contribution is 0.0595. The van der Waals surface area contributed by atoms with Gasteiger partial charge in [0.25, 0.3) is 17.7 Å². The van der Waals surface area contributed by atoms with Gasteiger partial charge in [-0.05, 0) is 91.9 Å². The molecular weight excluding hydrogens is 735 g/mol. The molecule has 12 heteroatoms. The van der Waals surface area contributed by atoms with E-state index in [-0.39, 0.29) is 29.1 Å². The molecule has 0 atom stereocenters. The third-order valence-corrected chi connectivity index (χ3v) is 9.84. The van der Waals surface area contributed by atoms with Crippen molar-refractivity contribution in [3.05, 3.63) is 132 Å². The van der Waals surface area contributed by atoms with Crippen LogP contribution >= 0.6 is 0 Å². The first-order valence-corrected chi connectivity index (χ1v) is 19.5. The number of hydrogen-bond donors (Lipinski definition) is 3. The van der Waals surface area contributed by atoms with Crippen molar-refractivity contribution >= 4 is 56.6 Å². The second kappa shape index (κ2) is 19.9. The average molecular weight is 782 g/mol. The van der Waals surface area contributed by atoms with E-state index in [9.17, 15) is 19.2 Å². The topological polar surface area (TPSA) is 158 Å². The number of carbonyl (C=O) groups excluding carboxylic acids is 4. The maximum atomic E-state index is 13.2. The summed E-state index contributed by atoms with van der Waals surface area (Å²) in [6.45, 7) is 5.56. The van der Waals surface area contributed by atoms with Crippen molar-refractivity contribution in [3.8, 4) is 11.5 Å². The molecule has 1 aliphatic carbocycles. The predicted molar refractivity (Wildman–Crippen MR) is 225 cm³/mol. The fourth-order valence-electron chi connectivity index (χ4n) is 7.05. The molecule has 7 rings (SSSR count). The highest BCUT2D eigenvalue weighted by atomic mass is 16.5. The van der Waals surface area contributed by atoms with Crippen LogP contribution in [-0.2, 0) is 4.74 Å². The lowest BCUT2D eigenvalue weighted by Gasteiger charge is -2.21. The summed E-state index contributed by atoms with van der Waals surface area (Å²) < 4.78 is 16.0. The Labute approximate surface area is 337 Å². The van der Waals surface area contributed by atoms with Crippen molar-refractivity contribution in [2.45, 2.75) is 46.0 Å². The number of methoxy groups -OCH3 is 1. The summed E-state index contributed by atoms with van der Waals surface area (Å²) in [6.07, 6.45) is 9.06. The van der Waals surface area contributed by atoms with E-state index in [0.29, 0.717) is 48.2 Å². The molecule has 0 radical (unpaired) electrons. The molecule has 0 bridgehead atoms. The molecule has 6 aromatic rings. The van der Waals surface area contributed by atoms with Gasteiger partial charge in [-0.15, -0.1) is 0 Å². The van der Waals surface area contributed by atoms with Gasteiger partial charge in [-0.3, -0.25) is 14.4 Å². The predicted octanol–water partition coefficient (Wildman–Crippen LogP) is 8.87. The SMILES string of the molecule is CCOc1ccc(C(=O)Nc2cccnc2C(=O)NCC2CCCCC2)c2ccccc12.CCOc1ccc(C(=O)Nc2cccnc2C(=O)OC)c2ccccc12. The molecule has 2 aromatic heterocycles. The molecule has 3 amide bonds. The Hall–Kier alpha value is -6.82. The van der Waals surface area contributed by atoms with Gasteiger partial charge in [0.1, 0.15) is 11.5 Å². The summed E-state index contributed by atoms with van der Waals surface area (Å²) in [4.78, 5) is 58.9. The van der Waals surface area contributed by atoms with Crippen molar-refractivity contribution in [3.63, 3.8) is 0 Å². The maximum Gasteiger partial charge on any atom is 0.358 e. The van der Waals surface area contributed by atoms with E-state index in [1.807, 2.05) is 68.4 Å². The summed E-state index contributed by atoms with van der Waals surface area (Å²) in [5, 5.41) is 11.9. The standard InChI is InChI=1S/C26H29N3O3.C20H18N2O4/c1-2-32-23-15-14-21(19-11-6-7-12-20(19)23)25(30)29-22-13-8-16-27-24(22)26(31)28-17-18-9-4-3-5-10-18;1-3-26-17-11-10-15(13-7-4-5-8-14(13)17)19(23)22-16-9-6-12-21-18(16)20(24)25-2/h6-8,11-16,18H,2-5,9-10,17H2,1H3,(H,28,31)(H,29,30);4-12H,3H2,1-2H3,(H,22,23). The second-order valence-corrected chi connectivity index (χ2v) is 13.6. The number of esters is 1. The molecule has 58 heavy (non-hydrogen) atoms. The highest BCUT2D eigenvalue weighted by Crippen LogP contribution is 2.31. The first-order valence-electron chi connectivity index (χ1n) is 19.5. The van der Waals surface area contributed by atoms with E-state index in [1.165, 1.54) is 32.6 Å². The normalized spacial score (nSPS) is 12.5. The number of ether oxygens (including phenoxy) is 3. The van der Waals surface area contributed by atoms with E-state index in [4.69, 9.17) is 14.2 Å². The van der Waals surface area contributed by atoms with Crippen LogP contribution < -0.4 is 25.4 Å². The van der Waals surface area contributed by atoms with E-state index in [0.717, 1.165) is 45.9 Å². The van der Waals surface area contributed by atoms with Crippen LogP contribution in [0.4, 0.5) is 11.4 Å². The number of rotatable bonds is 12. The fourth-order valence-corrected chi connectivity index (χ4v) is 7.05. The van der Waals surface area contributed by atoms with Gasteiger partial charge in [0.2, 0.25) is 0 Å². The number of benzene rings is 4. The molecule has 4 aromatic carbocycles. The van der Waals surface area contributed by atoms with Gasteiger partial charge < -0.3 is 30.2 Å². The third-order valence-electron chi connectivity index (χ3n) is 9.84. The van der Waals surface area contributed by atoms with Gasteiger partial charge in [0, 0.05) is 40.8 Å². The highest BCUT2D eigenvalue weighted by molar-refractivity contribution is 6.16. The molecule has 0 saturated heterocycles. The minimum Gasteiger partial charge on any atom is -0.493 e. The maximum absolute atomic E-state index is 13.2. The molecule has 298 valence electrons. The van der Waals surface area contributed by atoms with Crippen LogP contribution in [0.1, 0.15) is 87.6 Å². The zero-order chi connectivity index (χ0) is 40.9. The van der Waals surface area contributed by atoms with Crippen LogP contribution in [0.25, 0.3) is 21.5 Å². The Morgan fingerprint density at radius 1 is 0.586 bits per heavy atom. The number of amides is 3. The van der Waals surface area contributed by atoms with Gasteiger partial charge >= 0.3 is 5.97 Å². The monoisotopic (exact) mass is 781 g/mol. The van der Waals surface area contributed by atoms with Crippen molar-refractivity contribution < 1.29 is 33.4 Å². The molecule has 1 fully saturated rings. The van der Waals surface area contributed by atoms with Crippen LogP contribution in [0.2, 0.25) is 0 Å². The number of nitrogens with zero attached hydrogens (tertiary/aromatic N) is 2. The Morgan fingerprint density at radius 3 is 1.57 bits per heavy atom. The number of pyridine rings is 2. The van der Waals surface area contributed by atoms with Gasteiger partial charge in [0.15, 0.2) is 11.4 Å². The number of fused-ring (bicyclic) bond motifs is 2. The van der Waals surface area contributed by atoms with Crippen LogP contribution in [0, 0.1) is 5.92 Å². The zero-order valence-corrected chi connectivity index (χ0v) is 32.9. The number of carbonyl (C=O) groups is 4. The summed E-state index contributed by atoms with van der Waals surface area (Å²) in [5.74, 6) is 0.464. The number of aromatic nitrogens is 2. The third kappa shape index (κ3) is 9.76. The van der Waals surface area contributed by atoms with Gasteiger partial charge in [0.05, 0.1) is 31.7 Å². The zero-order valence-electron chi connectivity index (χ0n) is 32.9. The lowest BCUT2D eigenvalue weighted by Crippen LogP contribution is -2.31. The Morgan fingerprint density at radius 2 is 1.07 bits per heavy atom. The van der Waals surface area contributed by atoms with Gasteiger partial charge in [-0.2, -0.15) is 0 Å². The summed E-state index contributed by atoms with van der Waals surface area (Å²) >= 11 is 0. The van der Waals surface area contributed by atoms with Crippen LogP contribution in [0.5, 0.6) is 11.5 Å². The van der Waals surface area contributed by atoms with E-state index in [1.54, 1.807) is 48.7 Å². The Balaban J connectivity index is 0.000000200. The molecule has 1 aliphatic rings. The first-order chi connectivity index (χ1) is 28.3. The fraction of sp³-hybridized carbons (Fsp3) is 0.261. The van der Waals surface area contributed by atoms with Crippen molar-refractivity contribution in [1.29, 1.82) is 0 Å². The largest absolute Gasteiger partial charge is 0.493 e. The quantitative estimate of drug-likeness (QED) is 0.103. The molecule has 2 heterocycles. The van der Waals surface area contributed by atoms with E-state index in [2.05, 4.69) is 25.9 Å². The number of nitrogens with one attached hydrogen (secondary N) is 3. The number of hydrogen-bond acceptors (Lipinski definition) is 9. The minimum atomic E-state index is -0.613. The van der Waals surface area contributed by atoms with Gasteiger partial charge in [-0.1, -0.05) is 67.8 Å². The average Bonchev–Trinajstić information content (AvgIpc) is 3.26. The van der Waals surface area contributed by atoms with Gasteiger partial charge in [-0.25, -0.2) is 14.8 Å². The molecule has 1 saturated carbocycles. The molecule has 0 spiro atoms. The summed E-state index contributed by atoms with van der Waals surface area (Å²) in [5.41, 5.74) is 1.97. The number of anilines is 2. The second-order valence-electron chi connectivity index (χ2n) is 13.6. The van der Waals surface area contributed by atoms with Crippen molar-refractivity contribution in [2.75, 3.05) is 37.5 Å². The molecule has 0 unspecified atom stereocenters. The lowest BCUT2D eigenvalue weighted by atomic mass is 9.89. The highest BCUT2D eigenvalue weighted by Gasteiger charge is 2.21. The van der Waals surface area contributed by atoms with Crippen molar-refractivity contribution in [1.82, 2.24) is 15.3 Å². The molecule has 0 aliphatic heterocycles. The van der Waals surface area contributed by atoms with Crippen LogP contribution in [-0.4, -0.2) is 60.5 Å². The van der Waals surface area contributed by atoms with Crippen LogP contribution in [0.15, 0.2) is 109 Å². The minimum absolute atomic E-state index is 0.0543. The first kappa shape index (κ1) is 40.8. The van der Waals surface area contributed by atoms with E-state index >= 15 is 0 Å². The molecule has 12 nitrogen and oxygen atoms in total. The Kier molecular flexibility index (Phi) is 14.0. The van der Waals surface area contributed by atoms with Crippen LogP contribution in [0.3, 0.4) is 0 Å². The molecule has 3 N–H and O–H groups in total. The van der Waals surface area contributed by atoms with E-state index < -0.39 is 5.97 Å². The van der Waals surface area contributed by atoms with Crippen molar-refractivity contribution in [2.24, 2.45) is 5.92 Å². The smallest absolute Gasteiger partial charge is 0.358 e. The Bertz CT molecular complexity index is 2410.